The summed E-state index contributed by atoms with van der Waals surface area (Å²) in [4.78, 5) is 20.9. The Morgan fingerprint density at radius 1 is 1.31 bits per heavy atom. The molecule has 2 aliphatic rings. The van der Waals surface area contributed by atoms with Gasteiger partial charge in [0, 0.05) is 34.1 Å². The first kappa shape index (κ1) is 18.1. The van der Waals surface area contributed by atoms with E-state index in [4.69, 9.17) is 16.6 Å². The Hall–Kier alpha value is -1.26. The predicted octanol–water partition coefficient (Wildman–Crippen LogP) is 5.12. The first-order chi connectivity index (χ1) is 12.6. The van der Waals surface area contributed by atoms with Gasteiger partial charge in [-0.1, -0.05) is 24.6 Å². The number of piperidine rings is 1. The molecule has 26 heavy (non-hydrogen) atoms. The van der Waals surface area contributed by atoms with Gasteiger partial charge in [0.1, 0.15) is 0 Å². The highest BCUT2D eigenvalue weighted by atomic mass is 35.5. The topological polar surface area (TPSA) is 33.2 Å². The molecule has 0 spiro atoms. The molecule has 2 aromatic rings. The molecule has 1 fully saturated rings. The fourth-order valence-corrected chi connectivity index (χ4v) is 5.50. The number of rotatable bonds is 3. The molecule has 1 aliphatic carbocycles. The molecule has 0 bridgehead atoms. The molecule has 2 heterocycles. The van der Waals surface area contributed by atoms with E-state index in [9.17, 15) is 4.79 Å². The molecule has 1 saturated heterocycles. The van der Waals surface area contributed by atoms with Gasteiger partial charge < -0.3 is 4.90 Å². The number of benzene rings is 1. The van der Waals surface area contributed by atoms with Gasteiger partial charge in [-0.05, 0) is 62.1 Å². The monoisotopic (exact) mass is 388 g/mol. The number of amides is 1. The van der Waals surface area contributed by atoms with Crippen LogP contribution >= 0.6 is 23.4 Å². The van der Waals surface area contributed by atoms with Crippen molar-refractivity contribution < 1.29 is 4.79 Å². The van der Waals surface area contributed by atoms with Crippen molar-refractivity contribution in [1.29, 1.82) is 0 Å². The quantitative estimate of drug-likeness (QED) is 0.684. The van der Waals surface area contributed by atoms with E-state index in [-0.39, 0.29) is 5.91 Å². The predicted molar refractivity (Wildman–Crippen MR) is 109 cm³/mol. The van der Waals surface area contributed by atoms with E-state index in [2.05, 4.69) is 13.0 Å². The highest BCUT2D eigenvalue weighted by molar-refractivity contribution is 8.00. The second-order valence-electron chi connectivity index (χ2n) is 7.61. The second kappa shape index (κ2) is 7.77. The van der Waals surface area contributed by atoms with Crippen molar-refractivity contribution >= 4 is 40.2 Å². The molecule has 0 unspecified atom stereocenters. The summed E-state index contributed by atoms with van der Waals surface area (Å²) in [6, 6.07) is 5.94. The van der Waals surface area contributed by atoms with Crippen molar-refractivity contribution in [2.45, 2.75) is 50.3 Å². The molecule has 3 nitrogen and oxygen atoms in total. The van der Waals surface area contributed by atoms with Crippen molar-refractivity contribution in [2.75, 3.05) is 18.8 Å². The Kier molecular flexibility index (Phi) is 5.42. The molecule has 138 valence electrons. The van der Waals surface area contributed by atoms with Gasteiger partial charge in [-0.25, -0.2) is 0 Å². The fraction of sp³-hybridized carbons (Fsp3) is 0.524. The number of hydrogen-bond acceptors (Lipinski definition) is 3. The number of nitrogens with zero attached hydrogens (tertiary/aromatic N) is 2. The minimum absolute atomic E-state index is 0.269. The van der Waals surface area contributed by atoms with Crippen molar-refractivity contribution in [3.8, 4) is 0 Å². The zero-order chi connectivity index (χ0) is 18.1. The molecular formula is C21H25ClN2OS. The number of fused-ring (bicyclic) bond motifs is 2. The lowest BCUT2D eigenvalue weighted by molar-refractivity contribution is -0.130. The van der Waals surface area contributed by atoms with Gasteiger partial charge in [0.25, 0.3) is 0 Å². The summed E-state index contributed by atoms with van der Waals surface area (Å²) in [7, 11) is 0. The van der Waals surface area contributed by atoms with Crippen LogP contribution in [0.25, 0.3) is 10.9 Å². The van der Waals surface area contributed by atoms with Crippen molar-refractivity contribution in [3.63, 3.8) is 0 Å². The molecule has 0 N–H and O–H groups in total. The number of carbonyl (C=O) groups is 1. The van der Waals surface area contributed by atoms with Crippen LogP contribution in [-0.4, -0.2) is 34.6 Å². The number of likely N-dealkylation sites (tertiary alicyclic amines) is 1. The standard InChI is InChI=1S/C21H25ClN2OS/c1-14-5-4-10-24(12-14)20(25)13-26-21-16-6-2-3-7-18(16)23-19-11-15(22)8-9-17(19)21/h8-9,11,14H,2-7,10,12-13H2,1H3/t14-/m1/s1. The van der Waals surface area contributed by atoms with Crippen LogP contribution in [0.2, 0.25) is 5.02 Å². The molecule has 1 aromatic heterocycles. The van der Waals surface area contributed by atoms with Crippen molar-refractivity contribution in [3.05, 3.63) is 34.5 Å². The molecule has 1 aromatic carbocycles. The van der Waals surface area contributed by atoms with Gasteiger partial charge >= 0.3 is 0 Å². The van der Waals surface area contributed by atoms with Gasteiger partial charge in [0.05, 0.1) is 11.3 Å². The van der Waals surface area contributed by atoms with E-state index in [0.717, 1.165) is 48.3 Å². The first-order valence-electron chi connectivity index (χ1n) is 9.63. The number of thioether (sulfide) groups is 1. The third-order valence-corrected chi connectivity index (χ3v) is 6.90. The molecule has 1 aliphatic heterocycles. The summed E-state index contributed by atoms with van der Waals surface area (Å²) >= 11 is 7.89. The largest absolute Gasteiger partial charge is 0.342 e. The highest BCUT2D eigenvalue weighted by Crippen LogP contribution is 2.37. The van der Waals surface area contributed by atoms with Gasteiger partial charge in [-0.2, -0.15) is 0 Å². The second-order valence-corrected chi connectivity index (χ2v) is 9.03. The maximum Gasteiger partial charge on any atom is 0.232 e. The molecule has 5 heteroatoms. The van der Waals surface area contributed by atoms with E-state index < -0.39 is 0 Å². The van der Waals surface area contributed by atoms with Gasteiger partial charge in [0.15, 0.2) is 0 Å². The van der Waals surface area contributed by atoms with Crippen LogP contribution in [0.5, 0.6) is 0 Å². The Morgan fingerprint density at radius 2 is 2.15 bits per heavy atom. The van der Waals surface area contributed by atoms with E-state index in [1.54, 1.807) is 11.8 Å². The summed E-state index contributed by atoms with van der Waals surface area (Å²) in [5.74, 6) is 1.40. The lowest BCUT2D eigenvalue weighted by Gasteiger charge is -2.31. The zero-order valence-electron chi connectivity index (χ0n) is 15.3. The minimum Gasteiger partial charge on any atom is -0.342 e. The summed E-state index contributed by atoms with van der Waals surface area (Å²) < 4.78 is 0. The SMILES string of the molecule is C[C@@H]1CCCN(C(=O)CSc2c3c(nc4cc(Cl)ccc24)CCCC3)C1. The van der Waals surface area contributed by atoms with Gasteiger partial charge in [-0.15, -0.1) is 11.8 Å². The highest BCUT2D eigenvalue weighted by Gasteiger charge is 2.23. The van der Waals surface area contributed by atoms with Crippen LogP contribution in [-0.2, 0) is 17.6 Å². The molecule has 1 atom stereocenters. The lowest BCUT2D eigenvalue weighted by Crippen LogP contribution is -2.40. The normalized spacial score (nSPS) is 20.2. The third kappa shape index (κ3) is 3.72. The van der Waals surface area contributed by atoms with Crippen LogP contribution in [0.1, 0.15) is 43.9 Å². The smallest absolute Gasteiger partial charge is 0.232 e. The summed E-state index contributed by atoms with van der Waals surface area (Å²) in [6.07, 6.45) is 6.87. The summed E-state index contributed by atoms with van der Waals surface area (Å²) in [5.41, 5.74) is 3.52. The molecular weight excluding hydrogens is 364 g/mol. The van der Waals surface area contributed by atoms with Gasteiger partial charge in [-0.3, -0.25) is 9.78 Å². The minimum atomic E-state index is 0.269. The average Bonchev–Trinajstić information content (AvgIpc) is 2.64. The Labute approximate surface area is 164 Å². The number of aryl methyl sites for hydroxylation is 1. The number of carbonyl (C=O) groups excluding carboxylic acids is 1. The van der Waals surface area contributed by atoms with E-state index in [1.165, 1.54) is 35.4 Å². The van der Waals surface area contributed by atoms with Crippen LogP contribution in [0.4, 0.5) is 0 Å². The Balaban J connectivity index is 1.61. The Morgan fingerprint density at radius 3 is 3.00 bits per heavy atom. The van der Waals surface area contributed by atoms with Crippen LogP contribution in [0, 0.1) is 5.92 Å². The maximum atomic E-state index is 12.7. The number of pyridine rings is 1. The maximum absolute atomic E-state index is 12.7. The van der Waals surface area contributed by atoms with E-state index in [0.29, 0.717) is 11.7 Å². The number of hydrogen-bond donors (Lipinski definition) is 0. The number of aromatic nitrogens is 1. The molecule has 0 saturated carbocycles. The van der Waals surface area contributed by atoms with Crippen LogP contribution in [0.15, 0.2) is 23.1 Å². The fourth-order valence-electron chi connectivity index (χ4n) is 4.16. The van der Waals surface area contributed by atoms with Crippen molar-refractivity contribution in [1.82, 2.24) is 9.88 Å². The van der Waals surface area contributed by atoms with Crippen molar-refractivity contribution in [2.24, 2.45) is 5.92 Å². The molecule has 0 radical (unpaired) electrons. The number of halogens is 1. The Bertz CT molecular complexity index is 838. The average molecular weight is 389 g/mol. The van der Waals surface area contributed by atoms with E-state index in [1.807, 2.05) is 17.0 Å². The first-order valence-corrected chi connectivity index (χ1v) is 11.0. The zero-order valence-corrected chi connectivity index (χ0v) is 16.8. The van der Waals surface area contributed by atoms with Gasteiger partial charge in [0.2, 0.25) is 5.91 Å². The third-order valence-electron chi connectivity index (χ3n) is 5.52. The van der Waals surface area contributed by atoms with Crippen LogP contribution < -0.4 is 0 Å². The summed E-state index contributed by atoms with van der Waals surface area (Å²) in [6.45, 7) is 4.06. The van der Waals surface area contributed by atoms with Crippen LogP contribution in [0.3, 0.4) is 0 Å². The lowest BCUT2D eigenvalue weighted by atomic mass is 9.94. The van der Waals surface area contributed by atoms with E-state index >= 15 is 0 Å². The molecule has 1 amide bonds. The molecule has 4 rings (SSSR count). The summed E-state index contributed by atoms with van der Waals surface area (Å²) in [5, 5.41) is 1.86.